The van der Waals surface area contributed by atoms with Gasteiger partial charge in [0, 0.05) is 13.7 Å². The molecule has 1 unspecified atom stereocenters. The number of halogens is 1. The van der Waals surface area contributed by atoms with E-state index < -0.39 is 35.3 Å². The molecule has 1 heterocycles. The highest BCUT2D eigenvalue weighted by Gasteiger charge is 2.40. The lowest BCUT2D eigenvalue weighted by molar-refractivity contribution is -0.141. The zero-order valence-corrected chi connectivity index (χ0v) is 15.8. The summed E-state index contributed by atoms with van der Waals surface area (Å²) in [6, 6.07) is -1.33. The van der Waals surface area contributed by atoms with Crippen LogP contribution in [0.5, 0.6) is 0 Å². The quantitative estimate of drug-likeness (QED) is 0.754. The number of hydrogen-bond donors (Lipinski definition) is 1. The molecule has 0 aromatic rings. The van der Waals surface area contributed by atoms with Gasteiger partial charge in [-0.15, -0.1) is 0 Å². The number of methoxy groups -OCH3 is 1. The maximum Gasteiger partial charge on any atom is 0.254 e. The lowest BCUT2D eigenvalue weighted by atomic mass is 9.85. The number of nitrogens with zero attached hydrogens (tertiary/aromatic N) is 1. The van der Waals surface area contributed by atoms with Gasteiger partial charge in [0.25, 0.3) is 5.91 Å². The standard InChI is InChI=1S/C19H27FN2O4/c1-19(2,3)16(18(25)22-10-6-7-12(22)11-23)21-17(24)13-8-5-9-14(26-4)15(13)20/h5,8,11-12,14,16H,6-7,9-10H2,1-4H3,(H,21,24)/t12-,14?,16+/m0/s1. The van der Waals surface area contributed by atoms with Crippen molar-refractivity contribution < 1.29 is 23.5 Å². The number of likely N-dealkylation sites (tertiary alicyclic amines) is 1. The minimum Gasteiger partial charge on any atom is -0.374 e. The molecule has 2 aliphatic rings. The molecule has 1 fully saturated rings. The van der Waals surface area contributed by atoms with Gasteiger partial charge in [0.05, 0.1) is 11.6 Å². The van der Waals surface area contributed by atoms with Crippen molar-refractivity contribution in [2.24, 2.45) is 5.41 Å². The van der Waals surface area contributed by atoms with Gasteiger partial charge in [-0.2, -0.15) is 0 Å². The van der Waals surface area contributed by atoms with Gasteiger partial charge in [0.1, 0.15) is 24.3 Å². The van der Waals surface area contributed by atoms with Gasteiger partial charge in [-0.3, -0.25) is 9.59 Å². The first-order valence-electron chi connectivity index (χ1n) is 8.86. The van der Waals surface area contributed by atoms with Crippen molar-refractivity contribution in [1.29, 1.82) is 0 Å². The molecule has 144 valence electrons. The van der Waals surface area contributed by atoms with Gasteiger partial charge < -0.3 is 19.7 Å². The van der Waals surface area contributed by atoms with E-state index in [1.165, 1.54) is 18.1 Å². The Morgan fingerprint density at radius 2 is 2.12 bits per heavy atom. The van der Waals surface area contributed by atoms with Crippen LogP contribution in [0.4, 0.5) is 4.39 Å². The van der Waals surface area contributed by atoms with Crippen LogP contribution in [0.15, 0.2) is 23.6 Å². The Labute approximate surface area is 153 Å². The van der Waals surface area contributed by atoms with Crippen LogP contribution in [0.3, 0.4) is 0 Å². The van der Waals surface area contributed by atoms with Crippen LogP contribution in [-0.2, 0) is 19.1 Å². The normalized spacial score (nSPS) is 24.6. The van der Waals surface area contributed by atoms with E-state index in [0.29, 0.717) is 19.4 Å². The van der Waals surface area contributed by atoms with Crippen molar-refractivity contribution in [3.63, 3.8) is 0 Å². The fourth-order valence-electron chi connectivity index (χ4n) is 3.28. The summed E-state index contributed by atoms with van der Waals surface area (Å²) in [7, 11) is 1.38. The summed E-state index contributed by atoms with van der Waals surface area (Å²) < 4.78 is 19.5. The lowest BCUT2D eigenvalue weighted by Crippen LogP contribution is -2.56. The average Bonchev–Trinajstić information content (AvgIpc) is 3.06. The molecule has 6 nitrogen and oxygen atoms in total. The summed E-state index contributed by atoms with van der Waals surface area (Å²) in [6.45, 7) is 5.94. The molecule has 1 aliphatic carbocycles. The molecule has 0 aromatic heterocycles. The van der Waals surface area contributed by atoms with E-state index >= 15 is 0 Å². The van der Waals surface area contributed by atoms with Crippen LogP contribution in [0.25, 0.3) is 0 Å². The number of ether oxygens (including phenoxy) is 1. The van der Waals surface area contributed by atoms with Crippen molar-refractivity contribution >= 4 is 18.1 Å². The van der Waals surface area contributed by atoms with Gasteiger partial charge in [-0.1, -0.05) is 32.9 Å². The molecule has 2 rings (SSSR count). The smallest absolute Gasteiger partial charge is 0.254 e. The molecule has 7 heteroatoms. The second-order valence-corrected chi connectivity index (χ2v) is 7.77. The second kappa shape index (κ2) is 8.12. The summed E-state index contributed by atoms with van der Waals surface area (Å²) in [5.74, 6) is -1.61. The molecule has 1 aliphatic heterocycles. The predicted molar refractivity (Wildman–Crippen MR) is 94.9 cm³/mol. The fraction of sp³-hybridized carbons (Fsp3) is 0.632. The van der Waals surface area contributed by atoms with E-state index in [-0.39, 0.29) is 11.5 Å². The minimum absolute atomic E-state index is 0.126. The number of rotatable bonds is 5. The molecular weight excluding hydrogens is 339 g/mol. The molecule has 1 saturated heterocycles. The van der Waals surface area contributed by atoms with E-state index in [2.05, 4.69) is 5.32 Å². The highest BCUT2D eigenvalue weighted by Crippen LogP contribution is 2.27. The average molecular weight is 366 g/mol. The number of aldehydes is 1. The van der Waals surface area contributed by atoms with Gasteiger partial charge in [0.2, 0.25) is 5.91 Å². The molecule has 1 N–H and O–H groups in total. The van der Waals surface area contributed by atoms with E-state index in [1.54, 1.807) is 6.08 Å². The number of hydrogen-bond acceptors (Lipinski definition) is 4. The summed E-state index contributed by atoms with van der Waals surface area (Å²) >= 11 is 0. The Morgan fingerprint density at radius 3 is 2.69 bits per heavy atom. The number of nitrogens with one attached hydrogen (secondary N) is 1. The molecule has 0 saturated carbocycles. The summed E-state index contributed by atoms with van der Waals surface area (Å²) in [4.78, 5) is 38.3. The molecule has 0 bridgehead atoms. The fourth-order valence-corrected chi connectivity index (χ4v) is 3.28. The Hall–Kier alpha value is -2.02. The van der Waals surface area contributed by atoms with Crippen LogP contribution < -0.4 is 5.32 Å². The third-order valence-corrected chi connectivity index (χ3v) is 4.83. The molecule has 2 amide bonds. The first-order valence-corrected chi connectivity index (χ1v) is 8.86. The van der Waals surface area contributed by atoms with E-state index in [9.17, 15) is 18.8 Å². The Bertz CT molecular complexity index is 636. The van der Waals surface area contributed by atoms with Crippen molar-refractivity contribution in [1.82, 2.24) is 10.2 Å². The monoisotopic (exact) mass is 366 g/mol. The number of carbonyl (C=O) groups excluding carboxylic acids is 3. The summed E-state index contributed by atoms with van der Waals surface area (Å²) in [5.41, 5.74) is -0.725. The van der Waals surface area contributed by atoms with E-state index in [1.807, 2.05) is 20.8 Å². The zero-order valence-electron chi connectivity index (χ0n) is 15.8. The third-order valence-electron chi connectivity index (χ3n) is 4.83. The molecule has 0 spiro atoms. The van der Waals surface area contributed by atoms with Crippen LogP contribution in [0.2, 0.25) is 0 Å². The van der Waals surface area contributed by atoms with Gasteiger partial charge >= 0.3 is 0 Å². The predicted octanol–water partition coefficient (Wildman–Crippen LogP) is 1.91. The van der Waals surface area contributed by atoms with E-state index in [4.69, 9.17) is 4.74 Å². The lowest BCUT2D eigenvalue weighted by Gasteiger charge is -2.35. The van der Waals surface area contributed by atoms with Crippen LogP contribution in [0, 0.1) is 5.41 Å². The topological polar surface area (TPSA) is 75.7 Å². The van der Waals surface area contributed by atoms with Crippen molar-refractivity contribution in [3.8, 4) is 0 Å². The van der Waals surface area contributed by atoms with Crippen LogP contribution >= 0.6 is 0 Å². The maximum atomic E-state index is 14.4. The molecule has 0 radical (unpaired) electrons. The Kier molecular flexibility index (Phi) is 6.34. The van der Waals surface area contributed by atoms with Gasteiger partial charge in [0.15, 0.2) is 0 Å². The van der Waals surface area contributed by atoms with Crippen molar-refractivity contribution in [3.05, 3.63) is 23.6 Å². The number of amides is 2. The Morgan fingerprint density at radius 1 is 1.42 bits per heavy atom. The zero-order chi connectivity index (χ0) is 19.5. The highest BCUT2D eigenvalue weighted by molar-refractivity contribution is 6.00. The van der Waals surface area contributed by atoms with Gasteiger partial charge in [-0.05, 0) is 24.7 Å². The molecular formula is C19H27FN2O4. The molecule has 0 aromatic carbocycles. The SMILES string of the molecule is COC1CC=CC(C(=O)N[C@H](C(=O)N2CCC[C@H]2C=O)C(C)(C)C)=C1F. The summed E-state index contributed by atoms with van der Waals surface area (Å²) in [5, 5.41) is 2.67. The van der Waals surface area contributed by atoms with Crippen molar-refractivity contribution in [2.75, 3.05) is 13.7 Å². The van der Waals surface area contributed by atoms with Crippen LogP contribution in [-0.4, -0.2) is 54.8 Å². The first-order chi connectivity index (χ1) is 12.2. The minimum atomic E-state index is -0.868. The van der Waals surface area contributed by atoms with Gasteiger partial charge in [-0.25, -0.2) is 4.39 Å². The molecule has 26 heavy (non-hydrogen) atoms. The Balaban J connectivity index is 2.23. The second-order valence-electron chi connectivity index (χ2n) is 7.77. The maximum absolute atomic E-state index is 14.4. The number of carbonyl (C=O) groups is 3. The third kappa shape index (κ3) is 4.20. The summed E-state index contributed by atoms with van der Waals surface area (Å²) in [6.07, 6.45) is 4.78. The highest BCUT2D eigenvalue weighted by atomic mass is 19.1. The van der Waals surface area contributed by atoms with Crippen LogP contribution in [0.1, 0.15) is 40.0 Å². The first kappa shape index (κ1) is 20.3. The van der Waals surface area contributed by atoms with Crippen molar-refractivity contribution in [2.45, 2.75) is 58.2 Å². The largest absolute Gasteiger partial charge is 0.374 e. The molecule has 3 atom stereocenters. The van der Waals surface area contributed by atoms with E-state index in [0.717, 1.165) is 12.7 Å².